The lowest BCUT2D eigenvalue weighted by Crippen LogP contribution is -2.37. The van der Waals surface area contributed by atoms with Crippen molar-refractivity contribution in [2.75, 3.05) is 33.8 Å². The highest BCUT2D eigenvalue weighted by Gasteiger charge is 2.27. The van der Waals surface area contributed by atoms with Crippen LogP contribution in [0.15, 0.2) is 47.4 Å². The highest BCUT2D eigenvalue weighted by molar-refractivity contribution is 7.89. The second kappa shape index (κ2) is 9.59. The van der Waals surface area contributed by atoms with Crippen molar-refractivity contribution in [3.8, 4) is 5.75 Å². The minimum absolute atomic E-state index is 0.0165. The molecule has 1 aliphatic heterocycles. The first-order chi connectivity index (χ1) is 14.4. The number of nitrogens with zero attached hydrogens (tertiary/aromatic N) is 1. The fourth-order valence-corrected chi connectivity index (χ4v) is 4.60. The smallest absolute Gasteiger partial charge is 0.251 e. The summed E-state index contributed by atoms with van der Waals surface area (Å²) in [5.74, 6) is 0.502. The van der Waals surface area contributed by atoms with Crippen LogP contribution in [-0.2, 0) is 10.0 Å². The van der Waals surface area contributed by atoms with Gasteiger partial charge < -0.3 is 10.1 Å². The first-order valence-electron chi connectivity index (χ1n) is 10.1. The molecule has 30 heavy (non-hydrogen) atoms. The van der Waals surface area contributed by atoms with E-state index in [-0.39, 0.29) is 16.8 Å². The molecule has 1 amide bonds. The van der Waals surface area contributed by atoms with Crippen molar-refractivity contribution in [1.82, 2.24) is 14.9 Å². The van der Waals surface area contributed by atoms with E-state index in [0.717, 1.165) is 42.8 Å². The van der Waals surface area contributed by atoms with E-state index in [1.165, 1.54) is 19.2 Å². The first kappa shape index (κ1) is 22.3. The summed E-state index contributed by atoms with van der Waals surface area (Å²) in [7, 11) is -0.624. The maximum absolute atomic E-state index is 13.0. The van der Waals surface area contributed by atoms with Crippen LogP contribution >= 0.6 is 0 Å². The summed E-state index contributed by atoms with van der Waals surface area (Å²) in [6.45, 7) is 4.13. The van der Waals surface area contributed by atoms with E-state index in [2.05, 4.69) is 14.9 Å². The Bertz CT molecular complexity index is 1000. The van der Waals surface area contributed by atoms with Crippen LogP contribution in [0, 0.1) is 6.92 Å². The van der Waals surface area contributed by atoms with E-state index in [1.54, 1.807) is 20.1 Å². The molecule has 7 nitrogen and oxygen atoms in total. The number of rotatable bonds is 8. The van der Waals surface area contributed by atoms with Crippen molar-refractivity contribution < 1.29 is 17.9 Å². The van der Waals surface area contributed by atoms with Gasteiger partial charge in [-0.05, 0) is 63.7 Å². The molecule has 3 rings (SSSR count). The molecule has 0 aliphatic carbocycles. The molecule has 2 N–H and O–H groups in total. The molecule has 0 aromatic heterocycles. The Morgan fingerprint density at radius 2 is 1.87 bits per heavy atom. The van der Waals surface area contributed by atoms with Crippen molar-refractivity contribution in [2.24, 2.45) is 0 Å². The van der Waals surface area contributed by atoms with Crippen molar-refractivity contribution in [2.45, 2.75) is 30.7 Å². The van der Waals surface area contributed by atoms with Crippen LogP contribution in [0.1, 0.15) is 40.4 Å². The third kappa shape index (κ3) is 4.83. The molecule has 0 bridgehead atoms. The summed E-state index contributed by atoms with van der Waals surface area (Å²) in [6, 6.07) is 12.4. The molecule has 1 fully saturated rings. The SMILES string of the molecule is CNS(=O)(=O)c1ccc(C)c(C(=O)NCC(c2ccccc2OC)N2CCCC2)c1. The lowest BCUT2D eigenvalue weighted by molar-refractivity contribution is 0.0936. The van der Waals surface area contributed by atoms with Gasteiger partial charge in [-0.2, -0.15) is 0 Å². The monoisotopic (exact) mass is 431 g/mol. The Balaban J connectivity index is 1.84. The van der Waals surface area contributed by atoms with Crippen LogP contribution in [0.4, 0.5) is 0 Å². The molecule has 0 radical (unpaired) electrons. The molecule has 162 valence electrons. The van der Waals surface area contributed by atoms with Crippen molar-refractivity contribution in [3.63, 3.8) is 0 Å². The number of sulfonamides is 1. The first-order valence-corrected chi connectivity index (χ1v) is 11.5. The van der Waals surface area contributed by atoms with Gasteiger partial charge in [-0.15, -0.1) is 0 Å². The van der Waals surface area contributed by atoms with Crippen LogP contribution in [0.3, 0.4) is 0 Å². The Morgan fingerprint density at radius 3 is 2.53 bits per heavy atom. The molecule has 1 saturated heterocycles. The Morgan fingerprint density at radius 1 is 1.17 bits per heavy atom. The van der Waals surface area contributed by atoms with Gasteiger partial charge in [0.15, 0.2) is 0 Å². The van der Waals surface area contributed by atoms with E-state index < -0.39 is 10.0 Å². The topological polar surface area (TPSA) is 87.7 Å². The third-order valence-electron chi connectivity index (χ3n) is 5.57. The van der Waals surface area contributed by atoms with Gasteiger partial charge >= 0.3 is 0 Å². The average molecular weight is 432 g/mol. The van der Waals surface area contributed by atoms with E-state index >= 15 is 0 Å². The Kier molecular flexibility index (Phi) is 7.12. The van der Waals surface area contributed by atoms with Gasteiger partial charge in [0.25, 0.3) is 5.91 Å². The maximum atomic E-state index is 13.0. The molecular weight excluding hydrogens is 402 g/mol. The van der Waals surface area contributed by atoms with Gasteiger partial charge in [0.1, 0.15) is 5.75 Å². The summed E-state index contributed by atoms with van der Waals surface area (Å²) in [5.41, 5.74) is 2.11. The number of carbonyl (C=O) groups is 1. The summed E-state index contributed by atoms with van der Waals surface area (Å²) < 4.78 is 32.1. The Hall–Kier alpha value is -2.42. The second-order valence-corrected chi connectivity index (χ2v) is 9.28. The predicted octanol–water partition coefficient (Wildman–Crippen LogP) is 2.48. The minimum Gasteiger partial charge on any atom is -0.496 e. The van der Waals surface area contributed by atoms with Gasteiger partial charge in [-0.3, -0.25) is 9.69 Å². The van der Waals surface area contributed by atoms with Crippen LogP contribution in [-0.4, -0.2) is 53.0 Å². The number of ether oxygens (including phenoxy) is 1. The number of aryl methyl sites for hydroxylation is 1. The van der Waals surface area contributed by atoms with E-state index in [9.17, 15) is 13.2 Å². The maximum Gasteiger partial charge on any atom is 0.251 e. The standard InChI is InChI=1S/C22H29N3O4S/c1-16-10-11-17(30(27,28)23-2)14-19(16)22(26)24-15-20(25-12-6-7-13-25)18-8-4-5-9-21(18)29-3/h4-5,8-11,14,20,23H,6-7,12-13,15H2,1-3H3,(H,24,26). The van der Waals surface area contributed by atoms with Crippen molar-refractivity contribution in [3.05, 3.63) is 59.2 Å². The van der Waals surface area contributed by atoms with Crippen LogP contribution in [0.5, 0.6) is 5.75 Å². The lowest BCUT2D eigenvalue weighted by atomic mass is 10.0. The van der Waals surface area contributed by atoms with Crippen molar-refractivity contribution in [1.29, 1.82) is 0 Å². The number of amides is 1. The predicted molar refractivity (Wildman–Crippen MR) is 116 cm³/mol. The van der Waals surface area contributed by atoms with Gasteiger partial charge in [0.05, 0.1) is 18.0 Å². The highest BCUT2D eigenvalue weighted by Crippen LogP contribution is 2.31. The van der Waals surface area contributed by atoms with Gasteiger partial charge in [-0.1, -0.05) is 24.3 Å². The number of para-hydroxylation sites is 1. The molecule has 1 unspecified atom stereocenters. The molecule has 1 atom stereocenters. The minimum atomic E-state index is -3.62. The van der Waals surface area contributed by atoms with Crippen LogP contribution < -0.4 is 14.8 Å². The fourth-order valence-electron chi connectivity index (χ4n) is 3.85. The molecule has 1 aliphatic rings. The fraction of sp³-hybridized carbons (Fsp3) is 0.409. The quantitative estimate of drug-likeness (QED) is 0.671. The average Bonchev–Trinajstić information content (AvgIpc) is 3.28. The van der Waals surface area contributed by atoms with Gasteiger partial charge in [-0.25, -0.2) is 13.1 Å². The van der Waals surface area contributed by atoms with Crippen LogP contribution in [0.2, 0.25) is 0 Å². The second-order valence-electron chi connectivity index (χ2n) is 7.40. The van der Waals surface area contributed by atoms with E-state index in [0.29, 0.717) is 12.1 Å². The number of likely N-dealkylation sites (tertiary alicyclic amines) is 1. The van der Waals surface area contributed by atoms with E-state index in [4.69, 9.17) is 4.74 Å². The zero-order valence-corrected chi connectivity index (χ0v) is 18.5. The molecule has 8 heteroatoms. The highest BCUT2D eigenvalue weighted by atomic mass is 32.2. The van der Waals surface area contributed by atoms with Gasteiger partial charge in [0.2, 0.25) is 10.0 Å². The number of hydrogen-bond acceptors (Lipinski definition) is 5. The zero-order valence-electron chi connectivity index (χ0n) is 17.6. The summed E-state index contributed by atoms with van der Waals surface area (Å²) in [6.07, 6.45) is 2.26. The number of carbonyl (C=O) groups excluding carboxylic acids is 1. The molecule has 0 spiro atoms. The van der Waals surface area contributed by atoms with Gasteiger partial charge in [0, 0.05) is 17.7 Å². The molecule has 0 saturated carbocycles. The Labute approximate surface area is 178 Å². The number of hydrogen-bond donors (Lipinski definition) is 2. The number of nitrogens with one attached hydrogen (secondary N) is 2. The normalized spacial score (nSPS) is 15.7. The third-order valence-corrected chi connectivity index (χ3v) is 6.98. The number of methoxy groups -OCH3 is 1. The van der Waals surface area contributed by atoms with Crippen LogP contribution in [0.25, 0.3) is 0 Å². The van der Waals surface area contributed by atoms with Crippen molar-refractivity contribution >= 4 is 15.9 Å². The summed E-state index contributed by atoms with van der Waals surface area (Å²) in [5, 5.41) is 3.01. The zero-order chi connectivity index (χ0) is 21.7. The summed E-state index contributed by atoms with van der Waals surface area (Å²) in [4.78, 5) is 15.4. The largest absolute Gasteiger partial charge is 0.496 e. The molecule has 1 heterocycles. The molecular formula is C22H29N3O4S. The molecule has 2 aromatic rings. The molecule has 2 aromatic carbocycles. The number of benzene rings is 2. The lowest BCUT2D eigenvalue weighted by Gasteiger charge is -2.29. The van der Waals surface area contributed by atoms with E-state index in [1.807, 2.05) is 24.3 Å². The summed E-state index contributed by atoms with van der Waals surface area (Å²) >= 11 is 0.